The number of hydrogen-bond donors (Lipinski definition) is 0. The van der Waals surface area contributed by atoms with Crippen LogP contribution < -0.4 is 0 Å². The van der Waals surface area contributed by atoms with Crippen molar-refractivity contribution in [3.05, 3.63) is 0 Å². The summed E-state index contributed by atoms with van der Waals surface area (Å²) in [6, 6.07) is -0.820. The second kappa shape index (κ2) is 6.27. The fourth-order valence-corrected chi connectivity index (χ4v) is 7.48. The van der Waals surface area contributed by atoms with Crippen LogP contribution in [-0.4, -0.2) is 24.1 Å². The van der Waals surface area contributed by atoms with Crippen molar-refractivity contribution < 1.29 is 4.12 Å². The molecule has 0 atom stereocenters. The summed E-state index contributed by atoms with van der Waals surface area (Å²) < 4.78 is 5.90. The zero-order chi connectivity index (χ0) is 11.4. The third-order valence-corrected chi connectivity index (χ3v) is 11.2. The van der Waals surface area contributed by atoms with E-state index < -0.39 is 14.3 Å². The first kappa shape index (κ1) is 15.5. The number of halogens is 3. The molecule has 0 aromatic carbocycles. The van der Waals surface area contributed by atoms with Gasteiger partial charge in [0, 0.05) is 0 Å². The van der Waals surface area contributed by atoms with Crippen molar-refractivity contribution in [1.82, 2.24) is 0 Å². The summed E-state index contributed by atoms with van der Waals surface area (Å²) in [5.41, 5.74) is 0.639. The summed E-state index contributed by atoms with van der Waals surface area (Å²) in [6.07, 6.45) is 0. The number of rotatable bonds is 6. The van der Waals surface area contributed by atoms with Crippen LogP contribution in [0.4, 0.5) is 0 Å². The Hall–Kier alpha value is 1.48. The summed E-state index contributed by atoms with van der Waals surface area (Å²) >= 11 is 17.3. The summed E-state index contributed by atoms with van der Waals surface area (Å²) in [5, 5.41) is 0. The average molecular weight is 308 g/mol. The van der Waals surface area contributed by atoms with Gasteiger partial charge in [-0.05, 0) is 30.7 Å². The molecule has 84 valence electrons. The Morgan fingerprint density at radius 3 is 2.07 bits per heavy atom. The molecule has 0 unspecified atom stereocenters. The van der Waals surface area contributed by atoms with Crippen molar-refractivity contribution in [2.24, 2.45) is 0 Å². The number of hydrogen-bond acceptors (Lipinski definition) is 1. The molecule has 0 heterocycles. The normalized spacial score (nSPS) is 13.7. The van der Waals surface area contributed by atoms with Crippen molar-refractivity contribution in [2.75, 3.05) is 0 Å². The molecule has 1 nitrogen and oxygen atoms in total. The minimum Gasteiger partial charge on any atom is -0.456 e. The zero-order valence-corrected chi connectivity index (χ0v) is 14.3. The van der Waals surface area contributed by atoms with Gasteiger partial charge in [0.1, 0.15) is 0 Å². The van der Waals surface area contributed by atoms with Gasteiger partial charge in [0.05, 0.1) is 0 Å². The van der Waals surface area contributed by atoms with Crippen molar-refractivity contribution >= 4 is 57.3 Å². The van der Waals surface area contributed by atoms with Crippen molar-refractivity contribution in [3.63, 3.8) is 0 Å². The SMILES string of the molecule is CC(C)[Si](C)(C)O[Si]CC[Si](Cl)(Cl)Cl. The first-order chi connectivity index (χ1) is 6.15. The Bertz CT molecular complexity index is 170. The minimum atomic E-state index is -2.42. The van der Waals surface area contributed by atoms with Gasteiger partial charge in [-0.1, -0.05) is 13.8 Å². The highest BCUT2D eigenvalue weighted by molar-refractivity contribution is 7.64. The quantitative estimate of drug-likeness (QED) is 0.403. The fourth-order valence-electron chi connectivity index (χ4n) is 0.548. The van der Waals surface area contributed by atoms with Gasteiger partial charge in [-0.3, -0.25) is 0 Å². The molecular formula is C7H17Cl3OSi3. The summed E-state index contributed by atoms with van der Waals surface area (Å²) in [5.74, 6) is 0. The van der Waals surface area contributed by atoms with Gasteiger partial charge in [-0.2, -0.15) is 0 Å². The standard InChI is InChI=1S/C7H17Cl3OSi3/c1-7(2)13(3,4)11-12-5-6-14(8,9)10/h7H,5-6H2,1-4H3. The zero-order valence-electron chi connectivity index (χ0n) is 9.03. The van der Waals surface area contributed by atoms with E-state index in [1.807, 2.05) is 0 Å². The van der Waals surface area contributed by atoms with Gasteiger partial charge in [0.2, 0.25) is 9.76 Å². The Morgan fingerprint density at radius 2 is 1.71 bits per heavy atom. The summed E-state index contributed by atoms with van der Waals surface area (Å²) in [4.78, 5) is 0. The molecule has 0 rings (SSSR count). The van der Waals surface area contributed by atoms with E-state index in [1.165, 1.54) is 0 Å². The second-order valence-corrected chi connectivity index (χ2v) is 19.4. The highest BCUT2D eigenvalue weighted by Gasteiger charge is 2.28. The van der Waals surface area contributed by atoms with Gasteiger partial charge in [-0.25, -0.2) is 0 Å². The molecule has 0 bridgehead atoms. The lowest BCUT2D eigenvalue weighted by Crippen LogP contribution is -2.35. The van der Waals surface area contributed by atoms with Gasteiger partial charge in [-0.15, -0.1) is 33.2 Å². The third kappa shape index (κ3) is 7.73. The molecule has 0 fully saturated rings. The van der Waals surface area contributed by atoms with Crippen molar-refractivity contribution in [1.29, 1.82) is 0 Å². The lowest BCUT2D eigenvalue weighted by Gasteiger charge is -2.27. The largest absolute Gasteiger partial charge is 0.456 e. The Balaban J connectivity index is 3.65. The third-order valence-electron chi connectivity index (χ3n) is 2.24. The van der Waals surface area contributed by atoms with E-state index in [9.17, 15) is 0 Å². The van der Waals surface area contributed by atoms with Gasteiger partial charge < -0.3 is 4.12 Å². The first-order valence-electron chi connectivity index (χ1n) is 4.63. The smallest absolute Gasteiger partial charge is 0.341 e. The lowest BCUT2D eigenvalue weighted by molar-refractivity contribution is 0.567. The molecule has 2 radical (unpaired) electrons. The van der Waals surface area contributed by atoms with Crippen LogP contribution in [0.5, 0.6) is 0 Å². The molecule has 0 saturated heterocycles. The molecule has 0 amide bonds. The average Bonchev–Trinajstić information content (AvgIpc) is 1.96. The van der Waals surface area contributed by atoms with E-state index in [-0.39, 0.29) is 0 Å². The molecule has 0 saturated carbocycles. The molecule has 0 aliphatic carbocycles. The predicted molar refractivity (Wildman–Crippen MR) is 72.3 cm³/mol. The van der Waals surface area contributed by atoms with Crippen molar-refractivity contribution in [3.8, 4) is 0 Å². The lowest BCUT2D eigenvalue weighted by atomic mass is 10.6. The van der Waals surface area contributed by atoms with Crippen LogP contribution in [0.3, 0.4) is 0 Å². The van der Waals surface area contributed by atoms with Crippen LogP contribution in [-0.2, 0) is 4.12 Å². The Labute approximate surface area is 106 Å². The minimum absolute atomic E-state index is 0.493. The van der Waals surface area contributed by atoms with E-state index in [2.05, 4.69) is 26.9 Å². The second-order valence-electron chi connectivity index (χ2n) is 4.12. The van der Waals surface area contributed by atoms with E-state index in [1.54, 1.807) is 0 Å². The molecular weight excluding hydrogens is 291 g/mol. The molecule has 0 spiro atoms. The van der Waals surface area contributed by atoms with Crippen LogP contribution in [0.2, 0.25) is 30.7 Å². The maximum Gasteiger partial charge on any atom is 0.341 e. The van der Waals surface area contributed by atoms with Crippen LogP contribution >= 0.6 is 33.2 Å². The fraction of sp³-hybridized carbons (Fsp3) is 1.00. The van der Waals surface area contributed by atoms with E-state index in [0.717, 1.165) is 6.04 Å². The van der Waals surface area contributed by atoms with Crippen LogP contribution in [0, 0.1) is 0 Å². The topological polar surface area (TPSA) is 9.23 Å². The maximum absolute atomic E-state index is 5.90. The van der Waals surface area contributed by atoms with Crippen LogP contribution in [0.15, 0.2) is 0 Å². The summed E-state index contributed by atoms with van der Waals surface area (Å²) in [6.45, 7) is 8.88. The highest BCUT2D eigenvalue weighted by Crippen LogP contribution is 2.27. The van der Waals surface area contributed by atoms with Crippen LogP contribution in [0.1, 0.15) is 13.8 Å². The molecule has 14 heavy (non-hydrogen) atoms. The molecule has 0 aliphatic heterocycles. The maximum atomic E-state index is 5.90. The molecule has 0 aliphatic rings. The highest BCUT2D eigenvalue weighted by atomic mass is 35.8. The van der Waals surface area contributed by atoms with Crippen molar-refractivity contribution in [2.45, 2.75) is 44.6 Å². The van der Waals surface area contributed by atoms with Gasteiger partial charge in [0.25, 0.3) is 0 Å². The van der Waals surface area contributed by atoms with E-state index in [0.29, 0.717) is 21.3 Å². The van der Waals surface area contributed by atoms with Crippen LogP contribution in [0.25, 0.3) is 0 Å². The molecule has 7 heteroatoms. The molecule has 0 aromatic rings. The Kier molecular flexibility index (Phi) is 6.94. The molecule has 0 aromatic heterocycles. The Morgan fingerprint density at radius 1 is 1.21 bits per heavy atom. The monoisotopic (exact) mass is 306 g/mol. The van der Waals surface area contributed by atoms with E-state index in [4.69, 9.17) is 37.4 Å². The molecule has 0 N–H and O–H groups in total. The summed E-state index contributed by atoms with van der Waals surface area (Å²) in [7, 11) is -0.985. The van der Waals surface area contributed by atoms with Gasteiger partial charge >= 0.3 is 6.00 Å². The van der Waals surface area contributed by atoms with E-state index >= 15 is 0 Å². The first-order valence-corrected chi connectivity index (χ1v) is 14.0. The van der Waals surface area contributed by atoms with Gasteiger partial charge in [0.15, 0.2) is 8.32 Å². The predicted octanol–water partition coefficient (Wildman–Crippen LogP) is 4.31.